The Bertz CT molecular complexity index is 591. The molecule has 0 aliphatic rings. The minimum atomic E-state index is -2.72. The van der Waals surface area contributed by atoms with Gasteiger partial charge in [0, 0.05) is 23.8 Å². The molecule has 0 spiro atoms. The molecular weight excluding hydrogens is 296 g/mol. The molecule has 0 radical (unpaired) electrons. The highest BCUT2D eigenvalue weighted by atomic mass is 32.2. The van der Waals surface area contributed by atoms with Crippen LogP contribution < -0.4 is 5.32 Å². The first-order valence-corrected chi connectivity index (χ1v) is 7.96. The van der Waals surface area contributed by atoms with E-state index in [0.29, 0.717) is 23.1 Å². The molecule has 0 bridgehead atoms. The van der Waals surface area contributed by atoms with Gasteiger partial charge in [0.1, 0.15) is 5.82 Å². The molecule has 7 heteroatoms. The molecule has 0 unspecified atom stereocenters. The molecule has 2 N–H and O–H groups in total. The standard InChI is InChI=1S/C14H17F2N3OS/c1-21-8-9(6-7-20)17-13-10-4-2-3-5-11(10)18-14(19-13)12(15)16/h2-5,9,12,20H,6-8H2,1H3,(H,17,18,19)/t9-/m0/s1. The molecule has 1 heterocycles. The zero-order valence-corrected chi connectivity index (χ0v) is 12.4. The number of fused-ring (bicyclic) bond motifs is 1. The number of nitrogens with one attached hydrogen (secondary N) is 1. The molecule has 1 atom stereocenters. The zero-order valence-electron chi connectivity index (χ0n) is 11.6. The summed E-state index contributed by atoms with van der Waals surface area (Å²) in [6.07, 6.45) is -0.232. The lowest BCUT2D eigenvalue weighted by atomic mass is 10.2. The second-order valence-corrected chi connectivity index (χ2v) is 5.47. The molecule has 0 aliphatic heterocycles. The number of hydrogen-bond acceptors (Lipinski definition) is 5. The fraction of sp³-hybridized carbons (Fsp3) is 0.429. The summed E-state index contributed by atoms with van der Waals surface area (Å²) < 4.78 is 25.8. The second-order valence-electron chi connectivity index (χ2n) is 4.56. The van der Waals surface area contributed by atoms with Crippen LogP contribution in [0.25, 0.3) is 10.9 Å². The van der Waals surface area contributed by atoms with Gasteiger partial charge in [0.15, 0.2) is 5.82 Å². The molecule has 0 aliphatic carbocycles. The molecule has 2 aromatic rings. The highest BCUT2D eigenvalue weighted by Gasteiger charge is 2.17. The van der Waals surface area contributed by atoms with Crippen molar-refractivity contribution in [2.75, 3.05) is 23.9 Å². The molecule has 4 nitrogen and oxygen atoms in total. The molecular formula is C14H17F2N3OS. The quantitative estimate of drug-likeness (QED) is 0.822. The van der Waals surface area contributed by atoms with Gasteiger partial charge in [-0.1, -0.05) is 12.1 Å². The van der Waals surface area contributed by atoms with Crippen LogP contribution in [0.3, 0.4) is 0 Å². The van der Waals surface area contributed by atoms with Crippen molar-refractivity contribution in [3.05, 3.63) is 30.1 Å². The number of para-hydroxylation sites is 1. The molecule has 0 saturated heterocycles. The minimum absolute atomic E-state index is 0.0307. The Kier molecular flexibility index (Phi) is 5.69. The maximum atomic E-state index is 12.9. The van der Waals surface area contributed by atoms with Gasteiger partial charge in [0.05, 0.1) is 5.52 Å². The molecule has 1 aromatic carbocycles. The summed E-state index contributed by atoms with van der Waals surface area (Å²) >= 11 is 1.62. The van der Waals surface area contributed by atoms with E-state index in [9.17, 15) is 8.78 Å². The Morgan fingerprint density at radius 2 is 2.05 bits per heavy atom. The molecule has 114 valence electrons. The van der Waals surface area contributed by atoms with Crippen molar-refractivity contribution < 1.29 is 13.9 Å². The SMILES string of the molecule is CSC[C@H](CCO)Nc1nc(C(F)F)nc2ccccc12. The number of rotatable bonds is 7. The lowest BCUT2D eigenvalue weighted by Crippen LogP contribution is -2.24. The maximum absolute atomic E-state index is 12.9. The lowest BCUT2D eigenvalue weighted by Gasteiger charge is -2.19. The van der Waals surface area contributed by atoms with Crippen LogP contribution in [-0.4, -0.2) is 39.7 Å². The van der Waals surface area contributed by atoms with Crippen molar-refractivity contribution in [1.82, 2.24) is 9.97 Å². The van der Waals surface area contributed by atoms with Gasteiger partial charge in [0.25, 0.3) is 6.43 Å². The topological polar surface area (TPSA) is 58.0 Å². The first-order valence-electron chi connectivity index (χ1n) is 6.57. The number of aliphatic hydroxyl groups is 1. The van der Waals surface area contributed by atoms with Gasteiger partial charge in [-0.25, -0.2) is 18.7 Å². The third kappa shape index (κ3) is 4.01. The van der Waals surface area contributed by atoms with Crippen LogP contribution in [0.4, 0.5) is 14.6 Å². The number of hydrogen-bond donors (Lipinski definition) is 2. The number of aliphatic hydroxyl groups excluding tert-OH is 1. The monoisotopic (exact) mass is 313 g/mol. The van der Waals surface area contributed by atoms with Crippen LogP contribution in [0.5, 0.6) is 0 Å². The van der Waals surface area contributed by atoms with Gasteiger partial charge < -0.3 is 10.4 Å². The minimum Gasteiger partial charge on any atom is -0.396 e. The normalized spacial score (nSPS) is 12.8. The first kappa shape index (κ1) is 15.9. The van der Waals surface area contributed by atoms with Gasteiger partial charge in [-0.15, -0.1) is 0 Å². The predicted octanol–water partition coefficient (Wildman–Crippen LogP) is 3.09. The highest BCUT2D eigenvalue weighted by molar-refractivity contribution is 7.98. The van der Waals surface area contributed by atoms with Crippen molar-refractivity contribution in [2.45, 2.75) is 18.9 Å². The van der Waals surface area contributed by atoms with Crippen LogP contribution in [0, 0.1) is 0 Å². The average Bonchev–Trinajstić information content (AvgIpc) is 2.47. The van der Waals surface area contributed by atoms with Crippen LogP contribution >= 0.6 is 11.8 Å². The number of alkyl halides is 2. The highest BCUT2D eigenvalue weighted by Crippen LogP contribution is 2.25. The summed E-state index contributed by atoms with van der Waals surface area (Å²) in [5.74, 6) is 0.662. The van der Waals surface area contributed by atoms with E-state index in [2.05, 4.69) is 15.3 Å². The molecule has 2 rings (SSSR count). The Labute approximate surface area is 126 Å². The Hall–Kier alpha value is -1.47. The van der Waals surface area contributed by atoms with Gasteiger partial charge in [0.2, 0.25) is 0 Å². The summed E-state index contributed by atoms with van der Waals surface area (Å²) in [4.78, 5) is 7.82. The Balaban J connectivity index is 2.40. The predicted molar refractivity (Wildman–Crippen MR) is 82.0 cm³/mol. The summed E-state index contributed by atoms with van der Waals surface area (Å²) in [7, 11) is 0. The van der Waals surface area contributed by atoms with E-state index in [1.54, 1.807) is 30.0 Å². The van der Waals surface area contributed by atoms with Crippen molar-refractivity contribution >= 4 is 28.5 Å². The summed E-state index contributed by atoms with van der Waals surface area (Å²) in [6.45, 7) is 0.0307. The number of nitrogens with zero attached hydrogens (tertiary/aromatic N) is 2. The Morgan fingerprint density at radius 3 is 2.71 bits per heavy atom. The van der Waals surface area contributed by atoms with Gasteiger partial charge >= 0.3 is 0 Å². The number of aromatic nitrogens is 2. The van der Waals surface area contributed by atoms with Crippen LogP contribution in [-0.2, 0) is 0 Å². The van der Waals surface area contributed by atoms with Gasteiger partial charge in [-0.3, -0.25) is 0 Å². The van der Waals surface area contributed by atoms with E-state index in [1.807, 2.05) is 12.3 Å². The van der Waals surface area contributed by atoms with E-state index in [4.69, 9.17) is 5.11 Å². The maximum Gasteiger partial charge on any atom is 0.297 e. The van der Waals surface area contributed by atoms with Gasteiger partial charge in [-0.2, -0.15) is 11.8 Å². The fourth-order valence-corrected chi connectivity index (χ4v) is 2.70. The van der Waals surface area contributed by atoms with Crippen molar-refractivity contribution in [2.24, 2.45) is 0 Å². The number of halogens is 2. The van der Waals surface area contributed by atoms with E-state index >= 15 is 0 Å². The summed E-state index contributed by atoms with van der Waals surface area (Å²) in [5, 5.41) is 12.9. The van der Waals surface area contributed by atoms with E-state index in [1.165, 1.54) is 0 Å². The Morgan fingerprint density at radius 1 is 1.29 bits per heavy atom. The number of benzene rings is 1. The first-order chi connectivity index (χ1) is 10.2. The third-order valence-electron chi connectivity index (χ3n) is 3.00. The average molecular weight is 313 g/mol. The molecule has 21 heavy (non-hydrogen) atoms. The van der Waals surface area contributed by atoms with Crippen molar-refractivity contribution in [1.29, 1.82) is 0 Å². The number of thioether (sulfide) groups is 1. The molecule has 0 saturated carbocycles. The van der Waals surface area contributed by atoms with Gasteiger partial charge in [-0.05, 0) is 24.8 Å². The van der Waals surface area contributed by atoms with E-state index in [0.717, 1.165) is 5.75 Å². The summed E-state index contributed by atoms with van der Waals surface area (Å²) in [5.41, 5.74) is 0.484. The second kappa shape index (κ2) is 7.51. The van der Waals surface area contributed by atoms with Crippen LogP contribution in [0.1, 0.15) is 18.7 Å². The van der Waals surface area contributed by atoms with Crippen molar-refractivity contribution in [3.8, 4) is 0 Å². The fourth-order valence-electron chi connectivity index (χ4n) is 2.05. The molecule has 0 fully saturated rings. The summed E-state index contributed by atoms with van der Waals surface area (Å²) in [6, 6.07) is 7.01. The third-order valence-corrected chi connectivity index (χ3v) is 3.74. The zero-order chi connectivity index (χ0) is 15.2. The largest absolute Gasteiger partial charge is 0.396 e. The lowest BCUT2D eigenvalue weighted by molar-refractivity contribution is 0.141. The van der Waals surface area contributed by atoms with E-state index < -0.39 is 12.2 Å². The molecule has 0 amide bonds. The van der Waals surface area contributed by atoms with Crippen molar-refractivity contribution in [3.63, 3.8) is 0 Å². The van der Waals surface area contributed by atoms with E-state index in [-0.39, 0.29) is 12.6 Å². The smallest absolute Gasteiger partial charge is 0.297 e. The van der Waals surface area contributed by atoms with Crippen LogP contribution in [0.2, 0.25) is 0 Å². The van der Waals surface area contributed by atoms with Crippen LogP contribution in [0.15, 0.2) is 24.3 Å². The molecule has 1 aromatic heterocycles. The number of anilines is 1.